The molecule has 0 atom stereocenters. The number of methoxy groups -OCH3 is 2. The van der Waals surface area contributed by atoms with Crippen molar-refractivity contribution in [1.82, 2.24) is 15.1 Å². The van der Waals surface area contributed by atoms with Crippen molar-refractivity contribution < 1.29 is 9.47 Å². The van der Waals surface area contributed by atoms with Gasteiger partial charge in [0.2, 0.25) is 5.88 Å². The van der Waals surface area contributed by atoms with Gasteiger partial charge < -0.3 is 14.8 Å². The molecule has 0 saturated carbocycles. The van der Waals surface area contributed by atoms with E-state index in [1.807, 2.05) is 14.0 Å². The van der Waals surface area contributed by atoms with E-state index >= 15 is 0 Å². The summed E-state index contributed by atoms with van der Waals surface area (Å²) >= 11 is 0. The molecule has 0 spiro atoms. The van der Waals surface area contributed by atoms with Crippen molar-refractivity contribution in [3.05, 3.63) is 11.3 Å². The predicted octanol–water partition coefficient (Wildman–Crippen LogP) is 1.25. The zero-order chi connectivity index (χ0) is 12.7. The highest BCUT2D eigenvalue weighted by Gasteiger charge is 2.12. The maximum absolute atomic E-state index is 5.33. The molecule has 5 heteroatoms. The first-order chi connectivity index (χ1) is 8.20. The molecule has 5 nitrogen and oxygen atoms in total. The van der Waals surface area contributed by atoms with Gasteiger partial charge in [0.15, 0.2) is 0 Å². The third-order valence-corrected chi connectivity index (χ3v) is 2.74. The van der Waals surface area contributed by atoms with Gasteiger partial charge in [-0.05, 0) is 26.3 Å². The molecule has 98 valence electrons. The van der Waals surface area contributed by atoms with Crippen LogP contribution in [0, 0.1) is 6.92 Å². The molecule has 0 aliphatic heterocycles. The van der Waals surface area contributed by atoms with Crippen molar-refractivity contribution in [2.45, 2.75) is 26.3 Å². The van der Waals surface area contributed by atoms with Gasteiger partial charge in [0.25, 0.3) is 0 Å². The van der Waals surface area contributed by atoms with Crippen LogP contribution in [0.15, 0.2) is 0 Å². The molecule has 0 saturated heterocycles. The number of unbranched alkanes of at least 4 members (excludes halogenated alkanes) is 1. The van der Waals surface area contributed by atoms with Gasteiger partial charge in [-0.2, -0.15) is 5.10 Å². The Morgan fingerprint density at radius 1 is 1.29 bits per heavy atom. The van der Waals surface area contributed by atoms with Gasteiger partial charge in [-0.15, -0.1) is 0 Å². The van der Waals surface area contributed by atoms with Gasteiger partial charge >= 0.3 is 0 Å². The van der Waals surface area contributed by atoms with Crippen molar-refractivity contribution in [3.8, 4) is 5.88 Å². The third-order valence-electron chi connectivity index (χ3n) is 2.74. The molecule has 0 aliphatic carbocycles. The van der Waals surface area contributed by atoms with Crippen LogP contribution in [0.2, 0.25) is 0 Å². The number of hydrogen-bond acceptors (Lipinski definition) is 4. The Bertz CT molecular complexity index is 337. The summed E-state index contributed by atoms with van der Waals surface area (Å²) in [5.74, 6) is 0.840. The van der Waals surface area contributed by atoms with E-state index in [2.05, 4.69) is 10.4 Å². The van der Waals surface area contributed by atoms with Crippen LogP contribution in [-0.2, 0) is 18.3 Å². The predicted molar refractivity (Wildman–Crippen MR) is 67.3 cm³/mol. The normalized spacial score (nSPS) is 10.8. The van der Waals surface area contributed by atoms with Gasteiger partial charge in [-0.1, -0.05) is 0 Å². The maximum Gasteiger partial charge on any atom is 0.216 e. The van der Waals surface area contributed by atoms with Crippen molar-refractivity contribution in [1.29, 1.82) is 0 Å². The number of ether oxygens (including phenoxy) is 2. The fraction of sp³-hybridized carbons (Fsp3) is 0.750. The minimum absolute atomic E-state index is 0.801. The molecule has 0 aliphatic rings. The zero-order valence-corrected chi connectivity index (χ0v) is 11.2. The van der Waals surface area contributed by atoms with E-state index in [1.165, 1.54) is 0 Å². The summed E-state index contributed by atoms with van der Waals surface area (Å²) in [6, 6.07) is 0. The Hall–Kier alpha value is -1.07. The molecule has 0 bridgehead atoms. The van der Waals surface area contributed by atoms with Crippen molar-refractivity contribution >= 4 is 0 Å². The van der Waals surface area contributed by atoms with Crippen LogP contribution >= 0.6 is 0 Å². The van der Waals surface area contributed by atoms with Crippen LogP contribution in [0.1, 0.15) is 24.1 Å². The number of rotatable bonds is 8. The summed E-state index contributed by atoms with van der Waals surface area (Å²) in [5.41, 5.74) is 2.16. The van der Waals surface area contributed by atoms with Gasteiger partial charge in [-0.3, -0.25) is 0 Å². The summed E-state index contributed by atoms with van der Waals surface area (Å²) in [7, 11) is 5.31. The van der Waals surface area contributed by atoms with Crippen molar-refractivity contribution in [2.24, 2.45) is 7.05 Å². The molecule has 1 aromatic rings. The standard InChI is InChI=1S/C12H23N3O2/c1-10-11(12(17-4)15(2)14-10)9-13-7-5-6-8-16-3/h13H,5-9H2,1-4H3. The Morgan fingerprint density at radius 2 is 2.06 bits per heavy atom. The molecule has 17 heavy (non-hydrogen) atoms. The number of nitrogens with zero attached hydrogens (tertiary/aromatic N) is 2. The van der Waals surface area contributed by atoms with Crippen LogP contribution in [0.4, 0.5) is 0 Å². The number of aromatic nitrogens is 2. The lowest BCUT2D eigenvalue weighted by Gasteiger charge is -2.06. The lowest BCUT2D eigenvalue weighted by molar-refractivity contribution is 0.192. The molecule has 0 fully saturated rings. The quantitative estimate of drug-likeness (QED) is 0.696. The molecule has 1 aromatic heterocycles. The molecule has 0 amide bonds. The minimum Gasteiger partial charge on any atom is -0.481 e. The van der Waals surface area contributed by atoms with Crippen molar-refractivity contribution in [3.63, 3.8) is 0 Å². The number of nitrogens with one attached hydrogen (secondary N) is 1. The Morgan fingerprint density at radius 3 is 2.71 bits per heavy atom. The van der Waals surface area contributed by atoms with E-state index < -0.39 is 0 Å². The second-order valence-corrected chi connectivity index (χ2v) is 4.07. The average molecular weight is 241 g/mol. The number of aryl methyl sites for hydroxylation is 2. The summed E-state index contributed by atoms with van der Waals surface area (Å²) in [5, 5.41) is 7.74. The molecule has 1 N–H and O–H groups in total. The molecular formula is C12H23N3O2. The first kappa shape index (κ1) is 14.0. The van der Waals surface area contributed by atoms with E-state index in [0.29, 0.717) is 0 Å². The van der Waals surface area contributed by atoms with Gasteiger partial charge in [0.1, 0.15) is 0 Å². The first-order valence-electron chi connectivity index (χ1n) is 5.96. The molecule has 0 unspecified atom stereocenters. The first-order valence-corrected chi connectivity index (χ1v) is 5.96. The minimum atomic E-state index is 0.801. The third kappa shape index (κ3) is 4.02. The molecule has 0 aromatic carbocycles. The monoisotopic (exact) mass is 241 g/mol. The van der Waals surface area contributed by atoms with Crippen LogP contribution in [0.3, 0.4) is 0 Å². The van der Waals surface area contributed by atoms with E-state index in [1.54, 1.807) is 18.9 Å². The van der Waals surface area contributed by atoms with Crippen LogP contribution in [0.25, 0.3) is 0 Å². The van der Waals surface area contributed by atoms with Gasteiger partial charge in [0, 0.05) is 27.3 Å². The number of hydrogen-bond donors (Lipinski definition) is 1. The van der Waals surface area contributed by atoms with Crippen LogP contribution in [0.5, 0.6) is 5.88 Å². The topological polar surface area (TPSA) is 48.3 Å². The van der Waals surface area contributed by atoms with E-state index in [4.69, 9.17) is 9.47 Å². The Balaban J connectivity index is 2.36. The second kappa shape index (κ2) is 7.29. The summed E-state index contributed by atoms with van der Waals surface area (Å²) in [6.45, 7) is 4.62. The summed E-state index contributed by atoms with van der Waals surface area (Å²) in [6.07, 6.45) is 2.21. The highest BCUT2D eigenvalue weighted by molar-refractivity contribution is 5.30. The zero-order valence-electron chi connectivity index (χ0n) is 11.2. The fourth-order valence-corrected chi connectivity index (χ4v) is 1.85. The lowest BCUT2D eigenvalue weighted by atomic mass is 10.2. The SMILES string of the molecule is COCCCCNCc1c(C)nn(C)c1OC. The Kier molecular flexibility index (Phi) is 6.00. The highest BCUT2D eigenvalue weighted by atomic mass is 16.5. The second-order valence-electron chi connectivity index (χ2n) is 4.07. The molecular weight excluding hydrogens is 218 g/mol. The molecule has 1 heterocycles. The van der Waals surface area contributed by atoms with E-state index in [-0.39, 0.29) is 0 Å². The molecule has 0 radical (unpaired) electrons. The summed E-state index contributed by atoms with van der Waals surface area (Å²) < 4.78 is 12.1. The fourth-order valence-electron chi connectivity index (χ4n) is 1.85. The Labute approximate surface area is 103 Å². The van der Waals surface area contributed by atoms with Crippen LogP contribution in [-0.4, -0.2) is 37.2 Å². The van der Waals surface area contributed by atoms with Gasteiger partial charge in [0.05, 0.1) is 18.4 Å². The van der Waals surface area contributed by atoms with E-state index in [0.717, 1.165) is 49.7 Å². The average Bonchev–Trinajstić information content (AvgIpc) is 2.58. The van der Waals surface area contributed by atoms with Gasteiger partial charge in [-0.25, -0.2) is 4.68 Å². The highest BCUT2D eigenvalue weighted by Crippen LogP contribution is 2.20. The maximum atomic E-state index is 5.33. The van der Waals surface area contributed by atoms with Crippen molar-refractivity contribution in [2.75, 3.05) is 27.4 Å². The van der Waals surface area contributed by atoms with Crippen LogP contribution < -0.4 is 10.1 Å². The summed E-state index contributed by atoms with van der Waals surface area (Å²) in [4.78, 5) is 0. The largest absolute Gasteiger partial charge is 0.481 e. The lowest BCUT2D eigenvalue weighted by Crippen LogP contribution is -2.16. The molecule has 1 rings (SSSR count). The smallest absolute Gasteiger partial charge is 0.216 e. The van der Waals surface area contributed by atoms with E-state index in [9.17, 15) is 0 Å².